The number of hydrogen-bond donors (Lipinski definition) is 1. The second kappa shape index (κ2) is 7.71. The average molecular weight is 331 g/mol. The summed E-state index contributed by atoms with van der Waals surface area (Å²) in [6.45, 7) is 7.26. The van der Waals surface area contributed by atoms with E-state index in [4.69, 9.17) is 22.7 Å². The first-order valence-electron chi connectivity index (χ1n) is 6.02. The molecule has 5 heteroatoms. The molecule has 0 saturated carbocycles. The van der Waals surface area contributed by atoms with Crippen LogP contribution in [0.5, 0.6) is 0 Å². The van der Waals surface area contributed by atoms with Crippen molar-refractivity contribution in [2.45, 2.75) is 13.8 Å². The molecule has 0 fully saturated rings. The van der Waals surface area contributed by atoms with Crippen molar-refractivity contribution in [1.82, 2.24) is 0 Å². The van der Waals surface area contributed by atoms with E-state index in [1.54, 1.807) is 0 Å². The minimum Gasteiger partial charge on any atom is -0.389 e. The normalized spacial score (nSPS) is 10.4. The molecule has 0 aliphatic rings. The van der Waals surface area contributed by atoms with Gasteiger partial charge in [0.05, 0.1) is 6.61 Å². The lowest BCUT2D eigenvalue weighted by Gasteiger charge is -2.25. The van der Waals surface area contributed by atoms with Gasteiger partial charge in [-0.25, -0.2) is 0 Å². The fraction of sp³-hybridized carbons (Fsp3) is 0.462. The number of anilines is 1. The molecule has 1 aromatic rings. The van der Waals surface area contributed by atoms with Gasteiger partial charge in [0.15, 0.2) is 0 Å². The van der Waals surface area contributed by atoms with Gasteiger partial charge in [0.1, 0.15) is 4.99 Å². The van der Waals surface area contributed by atoms with Crippen LogP contribution in [0.25, 0.3) is 0 Å². The van der Waals surface area contributed by atoms with Crippen molar-refractivity contribution in [1.29, 1.82) is 0 Å². The Bertz CT molecular complexity index is 412. The van der Waals surface area contributed by atoms with Gasteiger partial charge in [-0.2, -0.15) is 0 Å². The number of ether oxygens (including phenoxy) is 1. The summed E-state index contributed by atoms with van der Waals surface area (Å²) in [5, 5.41) is 0. The largest absolute Gasteiger partial charge is 0.389 e. The average Bonchev–Trinajstić information content (AvgIpc) is 2.34. The fourth-order valence-corrected chi connectivity index (χ4v) is 2.26. The highest BCUT2D eigenvalue weighted by molar-refractivity contribution is 9.10. The lowest BCUT2D eigenvalue weighted by Crippen LogP contribution is -2.29. The molecule has 0 atom stereocenters. The van der Waals surface area contributed by atoms with Gasteiger partial charge in [0, 0.05) is 35.4 Å². The summed E-state index contributed by atoms with van der Waals surface area (Å²) in [5.74, 6) is 0. The van der Waals surface area contributed by atoms with Crippen LogP contribution in [0.3, 0.4) is 0 Å². The maximum Gasteiger partial charge on any atom is 0.106 e. The molecule has 0 aromatic heterocycles. The van der Waals surface area contributed by atoms with Crippen LogP contribution in [0, 0.1) is 0 Å². The van der Waals surface area contributed by atoms with Crippen molar-refractivity contribution < 1.29 is 4.74 Å². The zero-order valence-corrected chi connectivity index (χ0v) is 13.2. The van der Waals surface area contributed by atoms with Gasteiger partial charge < -0.3 is 15.4 Å². The number of likely N-dealkylation sites (N-methyl/N-ethyl adjacent to an activating group) is 1. The number of benzene rings is 1. The first kappa shape index (κ1) is 15.4. The van der Waals surface area contributed by atoms with Crippen LogP contribution in [-0.4, -0.2) is 31.3 Å². The summed E-state index contributed by atoms with van der Waals surface area (Å²) in [5.41, 5.74) is 7.73. The van der Waals surface area contributed by atoms with Crippen LogP contribution in [0.4, 0.5) is 5.69 Å². The van der Waals surface area contributed by atoms with E-state index in [2.05, 4.69) is 27.8 Å². The van der Waals surface area contributed by atoms with Gasteiger partial charge in [0.2, 0.25) is 0 Å². The standard InChI is InChI=1S/C13H19BrN2OS/c1-3-16(7-8-17-4-2)12-9-10(14)5-6-11(12)13(15)18/h5-6,9H,3-4,7-8H2,1-2H3,(H2,15,18). The summed E-state index contributed by atoms with van der Waals surface area (Å²) in [6.07, 6.45) is 0. The molecule has 0 unspecified atom stereocenters. The third-order valence-electron chi connectivity index (χ3n) is 2.66. The number of nitrogens with two attached hydrogens (primary N) is 1. The monoisotopic (exact) mass is 330 g/mol. The molecule has 0 bridgehead atoms. The maximum atomic E-state index is 5.77. The van der Waals surface area contributed by atoms with Crippen molar-refractivity contribution in [3.63, 3.8) is 0 Å². The predicted molar refractivity (Wildman–Crippen MR) is 84.4 cm³/mol. The lowest BCUT2D eigenvalue weighted by atomic mass is 10.1. The van der Waals surface area contributed by atoms with E-state index in [1.807, 2.05) is 25.1 Å². The van der Waals surface area contributed by atoms with Crippen LogP contribution in [-0.2, 0) is 4.74 Å². The molecule has 2 N–H and O–H groups in total. The van der Waals surface area contributed by atoms with Crippen LogP contribution in [0.1, 0.15) is 19.4 Å². The highest BCUT2D eigenvalue weighted by atomic mass is 79.9. The zero-order valence-electron chi connectivity index (χ0n) is 10.8. The quantitative estimate of drug-likeness (QED) is 0.616. The molecule has 0 heterocycles. The lowest BCUT2D eigenvalue weighted by molar-refractivity contribution is 0.154. The highest BCUT2D eigenvalue weighted by Crippen LogP contribution is 2.25. The topological polar surface area (TPSA) is 38.5 Å². The van der Waals surface area contributed by atoms with Crippen molar-refractivity contribution >= 4 is 38.8 Å². The van der Waals surface area contributed by atoms with Gasteiger partial charge in [-0.3, -0.25) is 0 Å². The van der Waals surface area contributed by atoms with Gasteiger partial charge in [-0.15, -0.1) is 0 Å². The maximum absolute atomic E-state index is 5.77. The van der Waals surface area contributed by atoms with E-state index in [9.17, 15) is 0 Å². The molecule has 100 valence electrons. The van der Waals surface area contributed by atoms with Crippen molar-refractivity contribution in [2.24, 2.45) is 5.73 Å². The van der Waals surface area contributed by atoms with E-state index in [1.165, 1.54) is 0 Å². The molecule has 1 aromatic carbocycles. The van der Waals surface area contributed by atoms with E-state index in [0.717, 1.165) is 35.4 Å². The Morgan fingerprint density at radius 1 is 1.44 bits per heavy atom. The third kappa shape index (κ3) is 4.23. The van der Waals surface area contributed by atoms with Gasteiger partial charge in [-0.05, 0) is 32.0 Å². The number of thiocarbonyl (C=S) groups is 1. The van der Waals surface area contributed by atoms with E-state index < -0.39 is 0 Å². The summed E-state index contributed by atoms with van der Waals surface area (Å²) in [4.78, 5) is 2.64. The Morgan fingerprint density at radius 3 is 2.72 bits per heavy atom. The summed E-state index contributed by atoms with van der Waals surface area (Å²) >= 11 is 8.58. The van der Waals surface area contributed by atoms with Gasteiger partial charge in [-0.1, -0.05) is 28.1 Å². The third-order valence-corrected chi connectivity index (χ3v) is 3.37. The molecule has 0 saturated heterocycles. The SMILES string of the molecule is CCOCCN(CC)c1cc(Br)ccc1C(N)=S. The fourth-order valence-electron chi connectivity index (χ4n) is 1.74. The number of nitrogens with zero attached hydrogens (tertiary/aromatic N) is 1. The zero-order chi connectivity index (χ0) is 13.5. The Balaban J connectivity index is 2.95. The van der Waals surface area contributed by atoms with E-state index in [0.29, 0.717) is 11.6 Å². The molecular weight excluding hydrogens is 312 g/mol. The first-order chi connectivity index (χ1) is 8.60. The Morgan fingerprint density at radius 2 is 2.17 bits per heavy atom. The molecule has 18 heavy (non-hydrogen) atoms. The Labute approximate surface area is 122 Å². The number of rotatable bonds is 7. The molecule has 0 radical (unpaired) electrons. The molecule has 0 aliphatic carbocycles. The smallest absolute Gasteiger partial charge is 0.106 e. The number of halogens is 1. The van der Waals surface area contributed by atoms with Crippen molar-refractivity contribution in [3.8, 4) is 0 Å². The Kier molecular flexibility index (Phi) is 6.60. The summed E-state index contributed by atoms with van der Waals surface area (Å²) in [6, 6.07) is 5.95. The molecule has 1 rings (SSSR count). The second-order valence-electron chi connectivity index (χ2n) is 3.80. The van der Waals surface area contributed by atoms with E-state index in [-0.39, 0.29) is 0 Å². The minimum absolute atomic E-state index is 0.423. The summed E-state index contributed by atoms with van der Waals surface area (Å²) < 4.78 is 6.42. The van der Waals surface area contributed by atoms with E-state index >= 15 is 0 Å². The van der Waals surface area contributed by atoms with Crippen LogP contribution >= 0.6 is 28.1 Å². The van der Waals surface area contributed by atoms with Crippen molar-refractivity contribution in [2.75, 3.05) is 31.2 Å². The van der Waals surface area contributed by atoms with Crippen LogP contribution < -0.4 is 10.6 Å². The number of hydrogen-bond acceptors (Lipinski definition) is 3. The van der Waals surface area contributed by atoms with Crippen LogP contribution in [0.2, 0.25) is 0 Å². The molecular formula is C13H19BrN2OS. The molecule has 3 nitrogen and oxygen atoms in total. The molecule has 0 aliphatic heterocycles. The van der Waals surface area contributed by atoms with Crippen molar-refractivity contribution in [3.05, 3.63) is 28.2 Å². The molecule has 0 amide bonds. The summed E-state index contributed by atoms with van der Waals surface area (Å²) in [7, 11) is 0. The Hall–Kier alpha value is -0.650. The molecule has 0 spiro atoms. The van der Waals surface area contributed by atoms with Gasteiger partial charge in [0.25, 0.3) is 0 Å². The first-order valence-corrected chi connectivity index (χ1v) is 7.22. The second-order valence-corrected chi connectivity index (χ2v) is 5.16. The van der Waals surface area contributed by atoms with Crippen LogP contribution in [0.15, 0.2) is 22.7 Å². The highest BCUT2D eigenvalue weighted by Gasteiger charge is 2.12. The minimum atomic E-state index is 0.423. The van der Waals surface area contributed by atoms with Gasteiger partial charge >= 0.3 is 0 Å². The predicted octanol–water partition coefficient (Wildman–Crippen LogP) is 2.95.